The molecule has 0 N–H and O–H groups in total. The van der Waals surface area contributed by atoms with Crippen molar-refractivity contribution in [1.29, 1.82) is 0 Å². The van der Waals surface area contributed by atoms with Crippen molar-refractivity contribution in [3.63, 3.8) is 0 Å². The number of para-hydroxylation sites is 3. The summed E-state index contributed by atoms with van der Waals surface area (Å²) < 4.78 is 7.50. The summed E-state index contributed by atoms with van der Waals surface area (Å²) >= 11 is 1.65. The Morgan fingerprint density at radius 1 is 0.271 bits per heavy atom. The molecule has 0 spiro atoms. The standard InChI is InChI=1S/C63H39N5OS/c1-3-14-40(15-4-1)49-34-50(41-16-5-2-6-17-41)36-51(35-49)43-26-29-44(30-27-43)59-66-60(48-21-13-20-46(33-48)47-31-28-42-18-7-8-19-45(42)32-47)68-61(67-59)52-37-53(62-64-55-22-9-11-24-57(55)69-62)39-54(38-52)63-65-56-23-10-12-25-58(56)70-63/h1-39H. The highest BCUT2D eigenvalue weighted by molar-refractivity contribution is 7.21. The smallest absolute Gasteiger partial charge is 0.227 e. The zero-order valence-electron chi connectivity index (χ0n) is 37.6. The molecule has 0 radical (unpaired) electrons. The van der Waals surface area contributed by atoms with Crippen LogP contribution in [0, 0.1) is 0 Å². The summed E-state index contributed by atoms with van der Waals surface area (Å²) in [5.41, 5.74) is 15.7. The molecule has 0 unspecified atom stereocenters. The van der Waals surface area contributed by atoms with Gasteiger partial charge in [-0.25, -0.2) is 24.9 Å². The fourth-order valence-corrected chi connectivity index (χ4v) is 10.1. The summed E-state index contributed by atoms with van der Waals surface area (Å²) in [5.74, 6) is 2.14. The number of aromatic nitrogens is 5. The van der Waals surface area contributed by atoms with Crippen molar-refractivity contribution in [2.75, 3.05) is 0 Å². The van der Waals surface area contributed by atoms with Crippen LogP contribution in [0.2, 0.25) is 0 Å². The topological polar surface area (TPSA) is 77.6 Å². The highest BCUT2D eigenvalue weighted by Crippen LogP contribution is 2.39. The van der Waals surface area contributed by atoms with E-state index in [2.05, 4.69) is 194 Å². The molecule has 0 aliphatic rings. The van der Waals surface area contributed by atoms with Crippen LogP contribution in [0.4, 0.5) is 0 Å². The van der Waals surface area contributed by atoms with Crippen LogP contribution in [0.1, 0.15) is 0 Å². The first kappa shape index (κ1) is 41.1. The maximum absolute atomic E-state index is 6.39. The van der Waals surface area contributed by atoms with E-state index < -0.39 is 0 Å². The van der Waals surface area contributed by atoms with E-state index in [4.69, 9.17) is 29.3 Å². The monoisotopic (exact) mass is 913 g/mol. The molecule has 70 heavy (non-hydrogen) atoms. The van der Waals surface area contributed by atoms with Crippen molar-refractivity contribution in [2.45, 2.75) is 0 Å². The van der Waals surface area contributed by atoms with Gasteiger partial charge in [0.05, 0.1) is 10.2 Å². The Kier molecular flexibility index (Phi) is 10.3. The van der Waals surface area contributed by atoms with E-state index in [1.165, 1.54) is 21.9 Å². The van der Waals surface area contributed by atoms with Gasteiger partial charge in [-0.1, -0.05) is 164 Å². The van der Waals surface area contributed by atoms with E-state index in [-0.39, 0.29) is 0 Å². The van der Waals surface area contributed by atoms with Gasteiger partial charge in [0.1, 0.15) is 10.5 Å². The Hall–Kier alpha value is -9.17. The van der Waals surface area contributed by atoms with Crippen molar-refractivity contribution in [3.05, 3.63) is 237 Å². The van der Waals surface area contributed by atoms with Crippen molar-refractivity contribution in [2.24, 2.45) is 0 Å². The molecule has 328 valence electrons. The second-order valence-electron chi connectivity index (χ2n) is 17.3. The van der Waals surface area contributed by atoms with Gasteiger partial charge in [-0.2, -0.15) is 0 Å². The number of hydrogen-bond donors (Lipinski definition) is 0. The normalized spacial score (nSPS) is 11.4. The average Bonchev–Trinajstić information content (AvgIpc) is 4.09. The zero-order chi connectivity index (χ0) is 46.4. The Morgan fingerprint density at radius 2 is 0.757 bits per heavy atom. The first-order valence-electron chi connectivity index (χ1n) is 23.2. The molecule has 6 nitrogen and oxygen atoms in total. The third-order valence-electron chi connectivity index (χ3n) is 12.7. The first-order chi connectivity index (χ1) is 34.6. The fraction of sp³-hybridized carbons (Fsp3) is 0. The van der Waals surface area contributed by atoms with Crippen LogP contribution in [-0.2, 0) is 0 Å². The van der Waals surface area contributed by atoms with Gasteiger partial charge in [0, 0.05) is 27.8 Å². The van der Waals surface area contributed by atoms with Gasteiger partial charge in [0.15, 0.2) is 23.1 Å². The molecule has 3 aromatic heterocycles. The van der Waals surface area contributed by atoms with Crippen LogP contribution < -0.4 is 0 Å². The van der Waals surface area contributed by atoms with Gasteiger partial charge in [-0.05, 0) is 128 Å². The molecule has 10 aromatic carbocycles. The highest BCUT2D eigenvalue weighted by Gasteiger charge is 2.19. The maximum Gasteiger partial charge on any atom is 0.227 e. The van der Waals surface area contributed by atoms with E-state index in [0.29, 0.717) is 28.9 Å². The first-order valence-corrected chi connectivity index (χ1v) is 24.0. The minimum atomic E-state index is 0.505. The van der Waals surface area contributed by atoms with E-state index in [9.17, 15) is 0 Å². The molecule has 0 saturated carbocycles. The molecule has 0 aliphatic carbocycles. The molecule has 13 rings (SSSR count). The Labute approximate surface area is 408 Å². The summed E-state index contributed by atoms with van der Waals surface area (Å²) in [6.07, 6.45) is 0. The Bertz CT molecular complexity index is 3850. The van der Waals surface area contributed by atoms with Gasteiger partial charge >= 0.3 is 0 Å². The van der Waals surface area contributed by atoms with Crippen LogP contribution in [0.25, 0.3) is 133 Å². The second-order valence-corrected chi connectivity index (χ2v) is 18.4. The van der Waals surface area contributed by atoms with Crippen molar-refractivity contribution in [1.82, 2.24) is 24.9 Å². The predicted octanol–water partition coefficient (Wildman–Crippen LogP) is 16.8. The molecule has 0 bridgehead atoms. The molecular weight excluding hydrogens is 875 g/mol. The quantitative estimate of drug-likeness (QED) is 0.144. The van der Waals surface area contributed by atoms with E-state index in [1.54, 1.807) is 11.3 Å². The highest BCUT2D eigenvalue weighted by atomic mass is 32.1. The number of benzene rings is 10. The number of rotatable bonds is 9. The minimum absolute atomic E-state index is 0.505. The SMILES string of the molecule is c1ccc(-c2cc(-c3ccccc3)cc(-c3ccc(-c4nc(-c5cccc(-c6ccc7ccccc7c6)c5)nc(-c5cc(-c6nc7ccccc7o6)cc(-c6nc7ccccc7s6)c5)n4)cc3)c2)cc1. The van der Waals surface area contributed by atoms with Crippen molar-refractivity contribution >= 4 is 43.4 Å². The summed E-state index contributed by atoms with van der Waals surface area (Å²) in [4.78, 5) is 25.8. The molecular formula is C63H39N5OS. The second kappa shape index (κ2) is 17.5. The Morgan fingerprint density at radius 3 is 1.47 bits per heavy atom. The number of hydrogen-bond acceptors (Lipinski definition) is 7. The lowest BCUT2D eigenvalue weighted by molar-refractivity contribution is 0.620. The summed E-state index contributed by atoms with van der Waals surface area (Å²) in [7, 11) is 0. The lowest BCUT2D eigenvalue weighted by atomic mass is 9.93. The molecule has 0 atom stereocenters. The van der Waals surface area contributed by atoms with E-state index in [0.717, 1.165) is 81.9 Å². The minimum Gasteiger partial charge on any atom is -0.436 e. The average molecular weight is 914 g/mol. The van der Waals surface area contributed by atoms with E-state index >= 15 is 0 Å². The van der Waals surface area contributed by atoms with Crippen LogP contribution in [-0.4, -0.2) is 24.9 Å². The van der Waals surface area contributed by atoms with Gasteiger partial charge in [0.2, 0.25) is 5.89 Å². The molecule has 13 aromatic rings. The van der Waals surface area contributed by atoms with Crippen LogP contribution in [0.15, 0.2) is 241 Å². The molecule has 3 heterocycles. The largest absolute Gasteiger partial charge is 0.436 e. The van der Waals surface area contributed by atoms with Crippen LogP contribution in [0.3, 0.4) is 0 Å². The summed E-state index contributed by atoms with van der Waals surface area (Å²) in [5, 5.41) is 3.26. The van der Waals surface area contributed by atoms with Gasteiger partial charge in [-0.3, -0.25) is 0 Å². The molecule has 0 fully saturated rings. The number of thiazole rings is 1. The summed E-state index contributed by atoms with van der Waals surface area (Å²) in [6.45, 7) is 0. The third-order valence-corrected chi connectivity index (χ3v) is 13.8. The lowest BCUT2D eigenvalue weighted by Gasteiger charge is -2.13. The van der Waals surface area contributed by atoms with Gasteiger partial charge < -0.3 is 4.42 Å². The van der Waals surface area contributed by atoms with Crippen LogP contribution >= 0.6 is 11.3 Å². The number of nitrogens with zero attached hydrogens (tertiary/aromatic N) is 5. The van der Waals surface area contributed by atoms with E-state index in [1.807, 2.05) is 42.5 Å². The molecule has 7 heteroatoms. The number of oxazole rings is 1. The fourth-order valence-electron chi connectivity index (χ4n) is 9.17. The zero-order valence-corrected chi connectivity index (χ0v) is 38.4. The number of fused-ring (bicyclic) bond motifs is 3. The maximum atomic E-state index is 6.39. The lowest BCUT2D eigenvalue weighted by Crippen LogP contribution is -2.01. The van der Waals surface area contributed by atoms with Crippen molar-refractivity contribution < 1.29 is 4.42 Å². The van der Waals surface area contributed by atoms with Crippen molar-refractivity contribution in [3.8, 4) is 101 Å². The van der Waals surface area contributed by atoms with Gasteiger partial charge in [-0.15, -0.1) is 11.3 Å². The Balaban J connectivity index is 0.967. The molecule has 0 amide bonds. The molecule has 0 aliphatic heterocycles. The molecule has 0 saturated heterocycles. The third kappa shape index (κ3) is 8.00. The summed E-state index contributed by atoms with van der Waals surface area (Å²) in [6, 6.07) is 82.3. The van der Waals surface area contributed by atoms with Gasteiger partial charge in [0.25, 0.3) is 0 Å². The van der Waals surface area contributed by atoms with Crippen LogP contribution in [0.5, 0.6) is 0 Å². The predicted molar refractivity (Wildman–Crippen MR) is 287 cm³/mol.